The van der Waals surface area contributed by atoms with Crippen LogP contribution in [-0.4, -0.2) is 19.3 Å². The van der Waals surface area contributed by atoms with E-state index in [0.29, 0.717) is 19.4 Å². The van der Waals surface area contributed by atoms with E-state index in [-0.39, 0.29) is 5.97 Å². The molecule has 0 unspecified atom stereocenters. The minimum Gasteiger partial charge on any atom is -0.465 e. The number of carbonyl (C=O) groups excluding carboxylic acids is 1. The Morgan fingerprint density at radius 2 is 2.27 bits per heavy atom. The zero-order valence-electron chi connectivity index (χ0n) is 6.73. The molecule has 1 aliphatic carbocycles. The molecule has 0 aromatic rings. The van der Waals surface area contributed by atoms with Gasteiger partial charge in [-0.3, -0.25) is 4.79 Å². The molecule has 2 nitrogen and oxygen atoms in total. The largest absolute Gasteiger partial charge is 0.465 e. The zero-order valence-corrected chi connectivity index (χ0v) is 6.73. The fourth-order valence-electron chi connectivity index (χ4n) is 1.28. The standard InChI is InChI=1S/C8H13FO2/c1-2-11-7(10)8(6-9)4-3-5-8/h2-6H2,1H3. The third-order valence-electron chi connectivity index (χ3n) is 2.27. The van der Waals surface area contributed by atoms with Gasteiger partial charge < -0.3 is 4.74 Å². The van der Waals surface area contributed by atoms with Crippen LogP contribution in [-0.2, 0) is 9.53 Å². The van der Waals surface area contributed by atoms with Gasteiger partial charge in [0.2, 0.25) is 0 Å². The summed E-state index contributed by atoms with van der Waals surface area (Å²) in [6.07, 6.45) is 2.26. The molecule has 0 saturated heterocycles. The van der Waals surface area contributed by atoms with Crippen LogP contribution in [0.25, 0.3) is 0 Å². The summed E-state index contributed by atoms with van der Waals surface area (Å²) in [6, 6.07) is 0. The van der Waals surface area contributed by atoms with E-state index in [4.69, 9.17) is 4.74 Å². The van der Waals surface area contributed by atoms with Gasteiger partial charge in [0, 0.05) is 0 Å². The van der Waals surface area contributed by atoms with Gasteiger partial charge in [-0.25, -0.2) is 4.39 Å². The maximum Gasteiger partial charge on any atom is 0.314 e. The highest BCUT2D eigenvalue weighted by Crippen LogP contribution is 2.42. The van der Waals surface area contributed by atoms with E-state index in [9.17, 15) is 9.18 Å². The van der Waals surface area contributed by atoms with E-state index in [0.717, 1.165) is 6.42 Å². The van der Waals surface area contributed by atoms with E-state index >= 15 is 0 Å². The topological polar surface area (TPSA) is 26.3 Å². The number of rotatable bonds is 3. The Balaban J connectivity index is 2.47. The lowest BCUT2D eigenvalue weighted by Gasteiger charge is -2.36. The van der Waals surface area contributed by atoms with Gasteiger partial charge in [-0.2, -0.15) is 0 Å². The van der Waals surface area contributed by atoms with Crippen LogP contribution < -0.4 is 0 Å². The Labute approximate surface area is 65.7 Å². The van der Waals surface area contributed by atoms with Crippen LogP contribution >= 0.6 is 0 Å². The molecule has 0 atom stereocenters. The molecule has 1 saturated carbocycles. The molecule has 0 spiro atoms. The van der Waals surface area contributed by atoms with Crippen LogP contribution in [0.15, 0.2) is 0 Å². The van der Waals surface area contributed by atoms with Crippen molar-refractivity contribution in [3.63, 3.8) is 0 Å². The highest BCUT2D eigenvalue weighted by molar-refractivity contribution is 5.78. The zero-order chi connectivity index (χ0) is 8.32. The summed E-state index contributed by atoms with van der Waals surface area (Å²) < 4.78 is 17.1. The molecule has 0 heterocycles. The minimum atomic E-state index is -0.754. The van der Waals surface area contributed by atoms with E-state index in [1.807, 2.05) is 0 Å². The van der Waals surface area contributed by atoms with E-state index < -0.39 is 12.1 Å². The number of carbonyl (C=O) groups is 1. The molecular formula is C8H13FO2. The van der Waals surface area contributed by atoms with Crippen LogP contribution in [0, 0.1) is 5.41 Å². The number of ether oxygens (including phenoxy) is 1. The predicted molar refractivity (Wildman–Crippen MR) is 38.9 cm³/mol. The molecule has 0 amide bonds. The number of hydrogen-bond donors (Lipinski definition) is 0. The van der Waals surface area contributed by atoms with Gasteiger partial charge in [0.05, 0.1) is 12.0 Å². The fraction of sp³-hybridized carbons (Fsp3) is 0.875. The van der Waals surface area contributed by atoms with Gasteiger partial charge in [-0.05, 0) is 19.8 Å². The highest BCUT2D eigenvalue weighted by Gasteiger charge is 2.45. The van der Waals surface area contributed by atoms with Crippen molar-refractivity contribution in [2.24, 2.45) is 5.41 Å². The maximum atomic E-state index is 12.4. The first-order valence-electron chi connectivity index (χ1n) is 3.98. The van der Waals surface area contributed by atoms with Gasteiger partial charge in [0.25, 0.3) is 0 Å². The lowest BCUT2D eigenvalue weighted by molar-refractivity contribution is -0.162. The number of halogens is 1. The van der Waals surface area contributed by atoms with Crippen LogP contribution in [0.3, 0.4) is 0 Å². The first-order chi connectivity index (χ1) is 5.25. The fourth-order valence-corrected chi connectivity index (χ4v) is 1.28. The van der Waals surface area contributed by atoms with Gasteiger partial charge in [-0.1, -0.05) is 6.42 Å². The molecule has 11 heavy (non-hydrogen) atoms. The molecule has 1 rings (SSSR count). The maximum absolute atomic E-state index is 12.4. The third kappa shape index (κ3) is 1.37. The van der Waals surface area contributed by atoms with Crippen molar-refractivity contribution < 1.29 is 13.9 Å². The van der Waals surface area contributed by atoms with E-state index in [1.54, 1.807) is 6.92 Å². The minimum absolute atomic E-state index is 0.348. The van der Waals surface area contributed by atoms with Gasteiger partial charge >= 0.3 is 5.97 Å². The Kier molecular flexibility index (Phi) is 2.47. The second kappa shape index (κ2) is 3.20. The molecular weight excluding hydrogens is 147 g/mol. The van der Waals surface area contributed by atoms with Gasteiger partial charge in [-0.15, -0.1) is 0 Å². The molecule has 0 aliphatic heterocycles. The number of esters is 1. The molecule has 0 N–H and O–H groups in total. The highest BCUT2D eigenvalue weighted by atomic mass is 19.1. The molecule has 1 aliphatic rings. The Bertz CT molecular complexity index is 147. The lowest BCUT2D eigenvalue weighted by Crippen LogP contribution is -2.41. The summed E-state index contributed by atoms with van der Waals surface area (Å²) in [5.74, 6) is -0.353. The smallest absolute Gasteiger partial charge is 0.314 e. The molecule has 3 heteroatoms. The molecule has 0 radical (unpaired) electrons. The molecule has 0 bridgehead atoms. The summed E-state index contributed by atoms with van der Waals surface area (Å²) in [5, 5.41) is 0. The Hall–Kier alpha value is -0.600. The van der Waals surface area contributed by atoms with Crippen molar-refractivity contribution in [3.05, 3.63) is 0 Å². The number of hydrogen-bond acceptors (Lipinski definition) is 2. The van der Waals surface area contributed by atoms with E-state index in [2.05, 4.69) is 0 Å². The van der Waals surface area contributed by atoms with Crippen LogP contribution in [0.4, 0.5) is 4.39 Å². The quantitative estimate of drug-likeness (QED) is 0.587. The van der Waals surface area contributed by atoms with Crippen LogP contribution in [0.5, 0.6) is 0 Å². The van der Waals surface area contributed by atoms with Crippen molar-refractivity contribution >= 4 is 5.97 Å². The van der Waals surface area contributed by atoms with E-state index in [1.165, 1.54) is 0 Å². The first kappa shape index (κ1) is 8.50. The summed E-state index contributed by atoms with van der Waals surface area (Å²) >= 11 is 0. The van der Waals surface area contributed by atoms with Gasteiger partial charge in [0.15, 0.2) is 0 Å². The second-order valence-electron chi connectivity index (χ2n) is 2.99. The lowest BCUT2D eigenvalue weighted by atomic mass is 9.70. The molecule has 0 aromatic carbocycles. The SMILES string of the molecule is CCOC(=O)C1(CF)CCC1. The van der Waals surface area contributed by atoms with Crippen molar-refractivity contribution in [1.82, 2.24) is 0 Å². The normalized spacial score (nSPS) is 20.5. The van der Waals surface area contributed by atoms with Crippen LogP contribution in [0.2, 0.25) is 0 Å². The summed E-state index contributed by atoms with van der Waals surface area (Å²) in [7, 11) is 0. The second-order valence-corrected chi connectivity index (χ2v) is 2.99. The van der Waals surface area contributed by atoms with Crippen molar-refractivity contribution in [2.45, 2.75) is 26.2 Å². The van der Waals surface area contributed by atoms with Crippen molar-refractivity contribution in [3.8, 4) is 0 Å². The summed E-state index contributed by atoms with van der Waals surface area (Å²) in [6.45, 7) is 1.52. The summed E-state index contributed by atoms with van der Waals surface area (Å²) in [4.78, 5) is 11.1. The molecule has 64 valence electrons. The third-order valence-corrected chi connectivity index (χ3v) is 2.27. The monoisotopic (exact) mass is 160 g/mol. The molecule has 0 aromatic heterocycles. The Morgan fingerprint density at radius 1 is 1.64 bits per heavy atom. The molecule has 1 fully saturated rings. The average molecular weight is 160 g/mol. The Morgan fingerprint density at radius 3 is 2.55 bits per heavy atom. The number of alkyl halides is 1. The van der Waals surface area contributed by atoms with Crippen molar-refractivity contribution in [1.29, 1.82) is 0 Å². The average Bonchev–Trinajstić information content (AvgIpc) is 1.87. The van der Waals surface area contributed by atoms with Gasteiger partial charge in [0.1, 0.15) is 6.67 Å². The first-order valence-corrected chi connectivity index (χ1v) is 3.98. The summed E-state index contributed by atoms with van der Waals surface area (Å²) in [5.41, 5.74) is -0.754. The van der Waals surface area contributed by atoms with Crippen LogP contribution in [0.1, 0.15) is 26.2 Å². The predicted octanol–water partition coefficient (Wildman–Crippen LogP) is 1.69. The van der Waals surface area contributed by atoms with Crippen molar-refractivity contribution in [2.75, 3.05) is 13.3 Å².